The van der Waals surface area contributed by atoms with Crippen LogP contribution in [-0.2, 0) is 39.0 Å². The van der Waals surface area contributed by atoms with E-state index in [1.807, 2.05) is 70.2 Å². The third-order valence-electron chi connectivity index (χ3n) is 6.44. The molecule has 0 bridgehead atoms. The molecule has 0 fully saturated rings. The highest BCUT2D eigenvalue weighted by atomic mass is 35.5. The Morgan fingerprint density at radius 1 is 0.927 bits per heavy atom. The van der Waals surface area contributed by atoms with Gasteiger partial charge in [-0.05, 0) is 68.1 Å². The minimum absolute atomic E-state index is 0.0315. The fourth-order valence-corrected chi connectivity index (χ4v) is 5.67. The Bertz CT molecular complexity index is 1460. The molecule has 0 saturated heterocycles. The van der Waals surface area contributed by atoms with E-state index in [4.69, 9.17) is 23.2 Å². The van der Waals surface area contributed by atoms with Crippen molar-refractivity contribution in [2.45, 2.75) is 58.7 Å². The molecule has 3 rings (SSSR count). The van der Waals surface area contributed by atoms with E-state index in [9.17, 15) is 18.0 Å². The number of benzene rings is 3. The van der Waals surface area contributed by atoms with Gasteiger partial charge < -0.3 is 10.2 Å². The summed E-state index contributed by atoms with van der Waals surface area (Å²) in [6, 6.07) is 20.4. The molecule has 0 aliphatic rings. The van der Waals surface area contributed by atoms with Crippen molar-refractivity contribution < 1.29 is 18.0 Å². The van der Waals surface area contributed by atoms with Gasteiger partial charge in [0.05, 0.1) is 11.9 Å². The van der Waals surface area contributed by atoms with Crippen molar-refractivity contribution in [2.24, 2.45) is 0 Å². The van der Waals surface area contributed by atoms with Gasteiger partial charge in [0.15, 0.2) is 0 Å². The van der Waals surface area contributed by atoms with E-state index in [1.54, 1.807) is 30.3 Å². The van der Waals surface area contributed by atoms with Gasteiger partial charge in [-0.25, -0.2) is 8.42 Å². The molecule has 10 heteroatoms. The molecule has 0 aromatic heterocycles. The summed E-state index contributed by atoms with van der Waals surface area (Å²) < 4.78 is 26.9. The van der Waals surface area contributed by atoms with Gasteiger partial charge in [-0.3, -0.25) is 13.9 Å². The Morgan fingerprint density at radius 2 is 1.56 bits per heavy atom. The van der Waals surface area contributed by atoms with Crippen LogP contribution in [0.25, 0.3) is 0 Å². The van der Waals surface area contributed by atoms with E-state index in [2.05, 4.69) is 5.32 Å². The van der Waals surface area contributed by atoms with Crippen molar-refractivity contribution in [1.82, 2.24) is 10.2 Å². The molecule has 3 aromatic rings. The number of carbonyl (C=O) groups excluding carboxylic acids is 2. The van der Waals surface area contributed by atoms with Crippen LogP contribution in [0.15, 0.2) is 72.8 Å². The fourth-order valence-electron chi connectivity index (χ4n) is 4.35. The molecule has 1 unspecified atom stereocenters. The van der Waals surface area contributed by atoms with E-state index >= 15 is 0 Å². The summed E-state index contributed by atoms with van der Waals surface area (Å²) in [5, 5.41) is 3.76. The van der Waals surface area contributed by atoms with E-state index < -0.39 is 34.1 Å². The number of hydrogen-bond donors (Lipinski definition) is 1. The van der Waals surface area contributed by atoms with Gasteiger partial charge in [0.25, 0.3) is 0 Å². The normalized spacial score (nSPS) is 12.5. The number of nitrogens with zero attached hydrogens (tertiary/aromatic N) is 2. The maximum absolute atomic E-state index is 14.2. The molecule has 0 radical (unpaired) electrons. The van der Waals surface area contributed by atoms with Crippen LogP contribution in [0.2, 0.25) is 10.0 Å². The first kappa shape index (κ1) is 32.4. The van der Waals surface area contributed by atoms with Crippen molar-refractivity contribution in [3.8, 4) is 0 Å². The standard InChI is InChI=1S/C31H37Cl2N3O4S/c1-6-22-12-16-26(17-13-22)36(41(5,39)40)21-29(37)35(20-24-14-15-25(32)19-27(24)33)28(30(38)34-31(2,3)4)18-23-10-8-7-9-11-23/h7-17,19,28H,6,18,20-21H2,1-5H3,(H,34,38). The number of aryl methyl sites for hydroxylation is 1. The van der Waals surface area contributed by atoms with Crippen LogP contribution in [0.3, 0.4) is 0 Å². The summed E-state index contributed by atoms with van der Waals surface area (Å²) >= 11 is 12.6. The topological polar surface area (TPSA) is 86.8 Å². The quantitative estimate of drug-likeness (QED) is 0.291. The number of hydrogen-bond acceptors (Lipinski definition) is 4. The first-order chi connectivity index (χ1) is 19.2. The van der Waals surface area contributed by atoms with Gasteiger partial charge in [-0.1, -0.05) is 78.7 Å². The molecule has 0 heterocycles. The first-order valence-corrected chi connectivity index (χ1v) is 15.9. The third-order valence-corrected chi connectivity index (χ3v) is 8.16. The minimum Gasteiger partial charge on any atom is -0.350 e. The lowest BCUT2D eigenvalue weighted by Gasteiger charge is -2.35. The molecule has 3 aromatic carbocycles. The number of rotatable bonds is 11. The van der Waals surface area contributed by atoms with Crippen LogP contribution in [0.5, 0.6) is 0 Å². The summed E-state index contributed by atoms with van der Waals surface area (Å²) in [6.07, 6.45) is 2.06. The number of sulfonamides is 1. The number of carbonyl (C=O) groups is 2. The van der Waals surface area contributed by atoms with Crippen LogP contribution in [0.4, 0.5) is 5.69 Å². The van der Waals surface area contributed by atoms with E-state index in [1.165, 1.54) is 4.90 Å². The zero-order chi connectivity index (χ0) is 30.4. The van der Waals surface area contributed by atoms with Gasteiger partial charge >= 0.3 is 0 Å². The van der Waals surface area contributed by atoms with Gasteiger partial charge in [-0.2, -0.15) is 0 Å². The Kier molecular flexibility index (Phi) is 10.9. The number of halogens is 2. The molecule has 0 spiro atoms. The highest BCUT2D eigenvalue weighted by Gasteiger charge is 2.34. The predicted molar refractivity (Wildman–Crippen MR) is 167 cm³/mol. The van der Waals surface area contributed by atoms with Gasteiger partial charge in [-0.15, -0.1) is 0 Å². The molecule has 7 nitrogen and oxygen atoms in total. The van der Waals surface area contributed by atoms with Crippen molar-refractivity contribution in [3.63, 3.8) is 0 Å². The number of nitrogens with one attached hydrogen (secondary N) is 1. The molecule has 220 valence electrons. The highest BCUT2D eigenvalue weighted by Crippen LogP contribution is 2.25. The van der Waals surface area contributed by atoms with Crippen LogP contribution >= 0.6 is 23.2 Å². The Labute approximate surface area is 253 Å². The van der Waals surface area contributed by atoms with Gasteiger partial charge in [0.2, 0.25) is 21.8 Å². The smallest absolute Gasteiger partial charge is 0.244 e. The summed E-state index contributed by atoms with van der Waals surface area (Å²) in [5.74, 6) is -0.913. The Morgan fingerprint density at radius 3 is 2.10 bits per heavy atom. The van der Waals surface area contributed by atoms with Crippen LogP contribution < -0.4 is 9.62 Å². The fraction of sp³-hybridized carbons (Fsp3) is 0.355. The molecular weight excluding hydrogens is 581 g/mol. The summed E-state index contributed by atoms with van der Waals surface area (Å²) in [7, 11) is -3.84. The molecular formula is C31H37Cl2N3O4S. The highest BCUT2D eigenvalue weighted by molar-refractivity contribution is 7.92. The summed E-state index contributed by atoms with van der Waals surface area (Å²) in [5.41, 5.74) is 2.25. The average molecular weight is 619 g/mol. The predicted octanol–water partition coefficient (Wildman–Crippen LogP) is 5.88. The second kappa shape index (κ2) is 13.7. The maximum Gasteiger partial charge on any atom is 0.244 e. The zero-order valence-corrected chi connectivity index (χ0v) is 26.4. The van der Waals surface area contributed by atoms with E-state index in [0.717, 1.165) is 28.1 Å². The van der Waals surface area contributed by atoms with Crippen molar-refractivity contribution in [3.05, 3.63) is 99.5 Å². The average Bonchev–Trinajstić information content (AvgIpc) is 2.89. The number of amides is 2. The second-order valence-corrected chi connectivity index (χ2v) is 13.7. The molecule has 0 aliphatic carbocycles. The molecule has 2 amide bonds. The van der Waals surface area contributed by atoms with Crippen molar-refractivity contribution >= 4 is 50.7 Å². The van der Waals surface area contributed by atoms with Crippen LogP contribution in [0.1, 0.15) is 44.4 Å². The Hall–Kier alpha value is -3.07. The monoisotopic (exact) mass is 617 g/mol. The molecule has 1 N–H and O–H groups in total. The van der Waals surface area contributed by atoms with Gasteiger partial charge in [0, 0.05) is 28.5 Å². The van der Waals surface area contributed by atoms with E-state index in [0.29, 0.717) is 21.3 Å². The zero-order valence-electron chi connectivity index (χ0n) is 24.0. The lowest BCUT2D eigenvalue weighted by Crippen LogP contribution is -2.56. The van der Waals surface area contributed by atoms with Crippen LogP contribution in [-0.4, -0.2) is 49.5 Å². The molecule has 0 saturated carbocycles. The van der Waals surface area contributed by atoms with Crippen molar-refractivity contribution in [1.29, 1.82) is 0 Å². The first-order valence-electron chi connectivity index (χ1n) is 13.3. The SMILES string of the molecule is CCc1ccc(N(CC(=O)N(Cc2ccc(Cl)cc2Cl)C(Cc2ccccc2)C(=O)NC(C)(C)C)S(C)(=O)=O)cc1. The molecule has 1 atom stereocenters. The maximum atomic E-state index is 14.2. The van der Waals surface area contributed by atoms with Crippen molar-refractivity contribution in [2.75, 3.05) is 17.1 Å². The third kappa shape index (κ3) is 9.48. The lowest BCUT2D eigenvalue weighted by molar-refractivity contribution is -0.140. The molecule has 0 aliphatic heterocycles. The van der Waals surface area contributed by atoms with E-state index in [-0.39, 0.29) is 18.9 Å². The summed E-state index contributed by atoms with van der Waals surface area (Å²) in [4.78, 5) is 29.3. The lowest BCUT2D eigenvalue weighted by atomic mass is 10.0. The minimum atomic E-state index is -3.84. The van der Waals surface area contributed by atoms with Gasteiger partial charge in [0.1, 0.15) is 12.6 Å². The Balaban J connectivity index is 2.09. The molecule has 41 heavy (non-hydrogen) atoms. The largest absolute Gasteiger partial charge is 0.350 e. The summed E-state index contributed by atoms with van der Waals surface area (Å²) in [6.45, 7) is 7.05. The number of anilines is 1. The van der Waals surface area contributed by atoms with Crippen LogP contribution in [0, 0.1) is 0 Å². The second-order valence-electron chi connectivity index (χ2n) is 11.0.